The van der Waals surface area contributed by atoms with Crippen molar-refractivity contribution in [1.82, 2.24) is 9.38 Å². The Labute approximate surface area is 116 Å². The van der Waals surface area contributed by atoms with Gasteiger partial charge in [-0.15, -0.1) is 0 Å². The number of carbonyl (C=O) groups excluding carboxylic acids is 1. The van der Waals surface area contributed by atoms with Gasteiger partial charge in [0.05, 0.1) is 11.5 Å². The molecule has 7 nitrogen and oxygen atoms in total. The zero-order valence-corrected chi connectivity index (χ0v) is 11.8. The molecule has 100 valence electrons. The van der Waals surface area contributed by atoms with Crippen LogP contribution in [0.3, 0.4) is 0 Å². The summed E-state index contributed by atoms with van der Waals surface area (Å²) < 4.78 is 6.63. The molecule has 0 aromatic carbocycles. The summed E-state index contributed by atoms with van der Waals surface area (Å²) in [7, 11) is 0. The van der Waals surface area contributed by atoms with Crippen LogP contribution in [0.4, 0.5) is 5.69 Å². The summed E-state index contributed by atoms with van der Waals surface area (Å²) in [5.74, 6) is -0.620. The van der Waals surface area contributed by atoms with Crippen LogP contribution in [0.2, 0.25) is 0 Å². The Hall–Kier alpha value is -1.96. The van der Waals surface area contributed by atoms with Crippen molar-refractivity contribution in [3.05, 3.63) is 38.2 Å². The maximum atomic E-state index is 11.7. The molecule has 0 bridgehead atoms. The Balaban J connectivity index is 2.73. The first kappa shape index (κ1) is 13.5. The summed E-state index contributed by atoms with van der Waals surface area (Å²) >= 11 is 3.21. The maximum Gasteiger partial charge on any atom is 0.359 e. The van der Waals surface area contributed by atoms with Crippen LogP contribution in [0.25, 0.3) is 5.65 Å². The van der Waals surface area contributed by atoms with Crippen LogP contribution in [0.15, 0.2) is 16.9 Å². The number of hydrogen-bond acceptors (Lipinski definition) is 5. The van der Waals surface area contributed by atoms with Crippen molar-refractivity contribution in [3.63, 3.8) is 0 Å². The smallest absolute Gasteiger partial charge is 0.359 e. The summed E-state index contributed by atoms with van der Waals surface area (Å²) in [5.41, 5.74) is 0.486. The quantitative estimate of drug-likeness (QED) is 0.491. The molecule has 0 spiro atoms. The third-order valence-electron chi connectivity index (χ3n) is 2.56. The molecule has 0 saturated heterocycles. The highest BCUT2D eigenvalue weighted by molar-refractivity contribution is 9.10. The van der Waals surface area contributed by atoms with E-state index in [4.69, 9.17) is 4.74 Å². The van der Waals surface area contributed by atoms with Gasteiger partial charge in [0.15, 0.2) is 5.69 Å². The Morgan fingerprint density at radius 2 is 2.32 bits per heavy atom. The molecule has 2 aromatic rings. The zero-order valence-electron chi connectivity index (χ0n) is 10.2. The third-order valence-corrected chi connectivity index (χ3v) is 3.32. The molecule has 0 radical (unpaired) electrons. The van der Waals surface area contributed by atoms with Crippen LogP contribution in [0.5, 0.6) is 0 Å². The van der Waals surface area contributed by atoms with E-state index in [0.717, 1.165) is 0 Å². The van der Waals surface area contributed by atoms with E-state index < -0.39 is 10.9 Å². The first-order chi connectivity index (χ1) is 8.97. The standard InChI is InChI=1S/C11H10BrN3O4/c1-3-19-11(16)7-9(12)14-5-4-6(2)8(15(17)18)10(14)13-7/h4-5H,3H2,1-2H3. The monoisotopic (exact) mass is 327 g/mol. The Kier molecular flexibility index (Phi) is 3.52. The molecule has 0 aliphatic carbocycles. The molecule has 0 unspecified atom stereocenters. The summed E-state index contributed by atoms with van der Waals surface area (Å²) in [6, 6.07) is 1.59. The molecular weight excluding hydrogens is 318 g/mol. The van der Waals surface area contributed by atoms with Crippen molar-refractivity contribution in [2.75, 3.05) is 6.61 Å². The van der Waals surface area contributed by atoms with Crippen LogP contribution in [0.1, 0.15) is 23.0 Å². The fourth-order valence-electron chi connectivity index (χ4n) is 1.71. The second-order valence-corrected chi connectivity index (χ2v) is 4.52. The van der Waals surface area contributed by atoms with Gasteiger partial charge < -0.3 is 4.74 Å². The molecule has 8 heteroatoms. The van der Waals surface area contributed by atoms with Crippen molar-refractivity contribution in [1.29, 1.82) is 0 Å². The van der Waals surface area contributed by atoms with E-state index in [1.165, 1.54) is 4.40 Å². The summed E-state index contributed by atoms with van der Waals surface area (Å²) in [5, 5.41) is 11.1. The Bertz CT molecular complexity index is 680. The van der Waals surface area contributed by atoms with E-state index in [1.54, 1.807) is 26.1 Å². The van der Waals surface area contributed by atoms with E-state index >= 15 is 0 Å². The van der Waals surface area contributed by atoms with Gasteiger partial charge in [-0.2, -0.15) is 0 Å². The number of rotatable bonds is 3. The lowest BCUT2D eigenvalue weighted by molar-refractivity contribution is -0.384. The summed E-state index contributed by atoms with van der Waals surface area (Å²) in [4.78, 5) is 26.3. The van der Waals surface area contributed by atoms with Crippen LogP contribution < -0.4 is 0 Å². The highest BCUT2D eigenvalue weighted by Crippen LogP contribution is 2.28. The van der Waals surface area contributed by atoms with Gasteiger partial charge in [-0.3, -0.25) is 14.5 Å². The number of ether oxygens (including phenoxy) is 1. The largest absolute Gasteiger partial charge is 0.461 e. The van der Waals surface area contributed by atoms with Gasteiger partial charge >= 0.3 is 11.7 Å². The maximum absolute atomic E-state index is 11.7. The van der Waals surface area contributed by atoms with Gasteiger partial charge in [0, 0.05) is 11.8 Å². The molecular formula is C11H10BrN3O4. The predicted octanol–water partition coefficient (Wildman–Crippen LogP) is 2.49. The van der Waals surface area contributed by atoms with Gasteiger partial charge in [-0.1, -0.05) is 0 Å². The molecule has 0 aliphatic rings. The minimum atomic E-state index is -0.620. The Morgan fingerprint density at radius 1 is 1.63 bits per heavy atom. The van der Waals surface area contributed by atoms with Crippen LogP contribution in [0, 0.1) is 17.0 Å². The average Bonchev–Trinajstić information content (AvgIpc) is 2.66. The number of nitro groups is 1. The molecule has 0 saturated carbocycles. The number of halogens is 1. The lowest BCUT2D eigenvalue weighted by atomic mass is 10.2. The van der Waals surface area contributed by atoms with Gasteiger partial charge in [0.25, 0.3) is 0 Å². The van der Waals surface area contributed by atoms with Gasteiger partial charge in [-0.25, -0.2) is 9.78 Å². The number of esters is 1. The number of hydrogen-bond donors (Lipinski definition) is 0. The number of carbonyl (C=O) groups is 1. The molecule has 0 amide bonds. The second-order valence-electron chi connectivity index (χ2n) is 3.77. The molecule has 0 N–H and O–H groups in total. The first-order valence-corrected chi connectivity index (χ1v) is 6.25. The van der Waals surface area contributed by atoms with E-state index in [9.17, 15) is 14.9 Å². The van der Waals surface area contributed by atoms with Gasteiger partial charge in [-0.05, 0) is 35.8 Å². The van der Waals surface area contributed by atoms with Crippen LogP contribution in [-0.2, 0) is 4.74 Å². The predicted molar refractivity (Wildman–Crippen MR) is 70.2 cm³/mol. The van der Waals surface area contributed by atoms with Crippen molar-refractivity contribution >= 4 is 33.2 Å². The lowest BCUT2D eigenvalue weighted by Gasteiger charge is -1.99. The number of nitrogens with zero attached hydrogens (tertiary/aromatic N) is 3. The van der Waals surface area contributed by atoms with Crippen molar-refractivity contribution in [2.45, 2.75) is 13.8 Å². The molecule has 0 fully saturated rings. The Morgan fingerprint density at radius 3 is 2.89 bits per heavy atom. The minimum Gasteiger partial charge on any atom is -0.461 e. The fourth-order valence-corrected chi connectivity index (χ4v) is 2.25. The molecule has 19 heavy (non-hydrogen) atoms. The highest BCUT2D eigenvalue weighted by Gasteiger charge is 2.25. The number of aromatic nitrogens is 2. The van der Waals surface area contributed by atoms with Crippen molar-refractivity contribution < 1.29 is 14.5 Å². The number of aryl methyl sites for hydroxylation is 1. The van der Waals surface area contributed by atoms with Gasteiger partial charge in [0.1, 0.15) is 4.60 Å². The SMILES string of the molecule is CCOC(=O)c1nc2c([N+](=O)[O-])c(C)ccn2c1Br. The van der Waals surface area contributed by atoms with Crippen molar-refractivity contribution in [3.8, 4) is 0 Å². The van der Waals surface area contributed by atoms with Crippen molar-refractivity contribution in [2.24, 2.45) is 0 Å². The van der Waals surface area contributed by atoms with E-state index in [2.05, 4.69) is 20.9 Å². The lowest BCUT2D eigenvalue weighted by Crippen LogP contribution is -2.05. The minimum absolute atomic E-state index is 0.0237. The molecule has 2 rings (SSSR count). The second kappa shape index (κ2) is 4.96. The first-order valence-electron chi connectivity index (χ1n) is 5.46. The average molecular weight is 328 g/mol. The van der Waals surface area contributed by atoms with E-state index in [-0.39, 0.29) is 23.6 Å². The number of fused-ring (bicyclic) bond motifs is 1. The fraction of sp³-hybridized carbons (Fsp3) is 0.273. The zero-order chi connectivity index (χ0) is 14.2. The summed E-state index contributed by atoms with van der Waals surface area (Å²) in [6.07, 6.45) is 1.61. The van der Waals surface area contributed by atoms with E-state index in [1.807, 2.05) is 0 Å². The topological polar surface area (TPSA) is 86.7 Å². The molecule has 2 aromatic heterocycles. The van der Waals surface area contributed by atoms with Crippen LogP contribution >= 0.6 is 15.9 Å². The van der Waals surface area contributed by atoms with Crippen LogP contribution in [-0.4, -0.2) is 26.9 Å². The normalized spacial score (nSPS) is 10.7. The van der Waals surface area contributed by atoms with E-state index in [0.29, 0.717) is 10.2 Å². The summed E-state index contributed by atoms with van der Waals surface area (Å²) in [6.45, 7) is 3.50. The third kappa shape index (κ3) is 2.19. The highest BCUT2D eigenvalue weighted by atomic mass is 79.9. The molecule has 2 heterocycles. The molecule has 0 aliphatic heterocycles. The number of imidazole rings is 1. The number of pyridine rings is 1. The molecule has 0 atom stereocenters. The van der Waals surface area contributed by atoms with Gasteiger partial charge in [0.2, 0.25) is 5.65 Å².